The minimum absolute atomic E-state index is 0.147. The predicted molar refractivity (Wildman–Crippen MR) is 79.8 cm³/mol. The quantitative estimate of drug-likeness (QED) is 0.672. The van der Waals surface area contributed by atoms with Gasteiger partial charge in [0.25, 0.3) is 5.69 Å². The van der Waals surface area contributed by atoms with Crippen molar-refractivity contribution in [1.82, 2.24) is 4.98 Å². The number of hydrogen-bond acceptors (Lipinski definition) is 5. The number of methoxy groups -OCH3 is 1. The number of nitro groups is 1. The Kier molecular flexibility index (Phi) is 4.47. The Morgan fingerprint density at radius 3 is 2.55 bits per heavy atom. The Balaban J connectivity index is 2.33. The zero-order valence-corrected chi connectivity index (χ0v) is 11.6. The highest BCUT2D eigenvalue weighted by atomic mass is 16.6. The van der Waals surface area contributed by atoms with E-state index < -0.39 is 10.9 Å². The van der Waals surface area contributed by atoms with Crippen LogP contribution in [0.5, 0.6) is 5.75 Å². The van der Waals surface area contributed by atoms with Crippen molar-refractivity contribution in [3.63, 3.8) is 0 Å². The molecule has 0 saturated heterocycles. The number of benzene rings is 1. The van der Waals surface area contributed by atoms with Gasteiger partial charge < -0.3 is 9.84 Å². The number of hydrogen-bond donors (Lipinski definition) is 1. The monoisotopic (exact) mass is 300 g/mol. The van der Waals surface area contributed by atoms with Gasteiger partial charge in [-0.15, -0.1) is 0 Å². The molecule has 0 aliphatic heterocycles. The van der Waals surface area contributed by atoms with Gasteiger partial charge >= 0.3 is 5.97 Å². The minimum Gasteiger partial charge on any atom is -0.497 e. The molecule has 1 aromatic carbocycles. The number of carbonyl (C=O) groups is 1. The smallest absolute Gasteiger partial charge is 0.338 e. The summed E-state index contributed by atoms with van der Waals surface area (Å²) < 4.78 is 5.04. The third-order valence-corrected chi connectivity index (χ3v) is 2.89. The summed E-state index contributed by atoms with van der Waals surface area (Å²) in [5.41, 5.74) is 0.379. The summed E-state index contributed by atoms with van der Waals surface area (Å²) in [6.07, 6.45) is 4.19. The molecule has 22 heavy (non-hydrogen) atoms. The standard InChI is InChI=1S/C15H12N2O5/c1-22-12-5-2-10(3-6-12)4-7-14-13(15(18)19)8-11(9-16-14)17(20)21/h2-9H,1H3,(H,18,19)/b7-4-. The highest BCUT2D eigenvalue weighted by Crippen LogP contribution is 2.18. The van der Waals surface area contributed by atoms with Crippen LogP contribution in [-0.2, 0) is 0 Å². The summed E-state index contributed by atoms with van der Waals surface area (Å²) in [6.45, 7) is 0. The molecule has 0 radical (unpaired) electrons. The van der Waals surface area contributed by atoms with Gasteiger partial charge in [-0.2, -0.15) is 0 Å². The molecular formula is C15H12N2O5. The van der Waals surface area contributed by atoms with Crippen molar-refractivity contribution in [2.45, 2.75) is 0 Å². The van der Waals surface area contributed by atoms with Crippen LogP contribution in [0.3, 0.4) is 0 Å². The third kappa shape index (κ3) is 3.45. The lowest BCUT2D eigenvalue weighted by Crippen LogP contribution is -2.03. The van der Waals surface area contributed by atoms with Gasteiger partial charge in [0, 0.05) is 6.07 Å². The minimum atomic E-state index is -1.27. The zero-order valence-electron chi connectivity index (χ0n) is 11.6. The fraction of sp³-hybridized carbons (Fsp3) is 0.0667. The second kappa shape index (κ2) is 6.49. The maximum absolute atomic E-state index is 11.2. The van der Waals surface area contributed by atoms with E-state index in [4.69, 9.17) is 9.84 Å². The van der Waals surface area contributed by atoms with E-state index in [-0.39, 0.29) is 16.9 Å². The van der Waals surface area contributed by atoms with E-state index in [0.717, 1.165) is 17.8 Å². The van der Waals surface area contributed by atoms with Crippen LogP contribution in [-0.4, -0.2) is 28.1 Å². The first-order chi connectivity index (χ1) is 10.5. The van der Waals surface area contributed by atoms with Crippen molar-refractivity contribution >= 4 is 23.8 Å². The zero-order chi connectivity index (χ0) is 16.1. The van der Waals surface area contributed by atoms with Crippen LogP contribution in [0.15, 0.2) is 36.5 Å². The number of ether oxygens (including phenoxy) is 1. The maximum Gasteiger partial charge on any atom is 0.338 e. The highest BCUT2D eigenvalue weighted by molar-refractivity contribution is 5.93. The SMILES string of the molecule is COc1ccc(/C=C\c2ncc([N+](=O)[O-])cc2C(=O)O)cc1. The molecule has 7 heteroatoms. The molecule has 0 saturated carbocycles. The molecule has 0 spiro atoms. The molecule has 112 valence electrons. The van der Waals surface area contributed by atoms with Gasteiger partial charge in [0.1, 0.15) is 11.9 Å². The lowest BCUT2D eigenvalue weighted by molar-refractivity contribution is -0.385. The van der Waals surface area contributed by atoms with Crippen LogP contribution in [0.2, 0.25) is 0 Å². The van der Waals surface area contributed by atoms with Crippen molar-refractivity contribution in [1.29, 1.82) is 0 Å². The summed E-state index contributed by atoms with van der Waals surface area (Å²) in [5.74, 6) is -0.567. The number of carboxylic acid groups (broad SMARTS) is 1. The molecule has 0 amide bonds. The molecule has 1 heterocycles. The molecule has 1 aromatic heterocycles. The number of nitrogens with zero attached hydrogens (tertiary/aromatic N) is 2. The van der Waals surface area contributed by atoms with Gasteiger partial charge in [0.2, 0.25) is 0 Å². The summed E-state index contributed by atoms with van der Waals surface area (Å²) in [6, 6.07) is 8.10. The molecule has 1 N–H and O–H groups in total. The van der Waals surface area contributed by atoms with Crippen LogP contribution in [0.4, 0.5) is 5.69 Å². The summed E-state index contributed by atoms with van der Waals surface area (Å²) in [7, 11) is 1.56. The van der Waals surface area contributed by atoms with Gasteiger partial charge in [0.05, 0.1) is 23.3 Å². The fourth-order valence-corrected chi connectivity index (χ4v) is 1.76. The van der Waals surface area contributed by atoms with E-state index in [1.54, 1.807) is 37.5 Å². The van der Waals surface area contributed by atoms with E-state index in [9.17, 15) is 14.9 Å². The number of aromatic nitrogens is 1. The van der Waals surface area contributed by atoms with Crippen molar-refractivity contribution in [2.75, 3.05) is 7.11 Å². The number of aromatic carboxylic acids is 1. The second-order valence-electron chi connectivity index (χ2n) is 4.30. The number of carboxylic acids is 1. The molecule has 0 bridgehead atoms. The van der Waals surface area contributed by atoms with Crippen molar-refractivity contribution < 1.29 is 19.6 Å². The van der Waals surface area contributed by atoms with Gasteiger partial charge in [0.15, 0.2) is 0 Å². The van der Waals surface area contributed by atoms with Crippen molar-refractivity contribution in [2.24, 2.45) is 0 Å². The van der Waals surface area contributed by atoms with Crippen LogP contribution >= 0.6 is 0 Å². The van der Waals surface area contributed by atoms with Crippen LogP contribution in [0, 0.1) is 10.1 Å². The Hall–Kier alpha value is -3.22. The molecule has 2 rings (SSSR count). The van der Waals surface area contributed by atoms with Gasteiger partial charge in [-0.3, -0.25) is 10.1 Å². The normalized spacial score (nSPS) is 10.6. The lowest BCUT2D eigenvalue weighted by Gasteiger charge is -2.01. The van der Waals surface area contributed by atoms with Crippen molar-refractivity contribution in [3.05, 3.63) is 63.5 Å². The topological polar surface area (TPSA) is 103 Å². The first-order valence-corrected chi connectivity index (χ1v) is 6.21. The predicted octanol–water partition coefficient (Wildman–Crippen LogP) is 2.87. The summed E-state index contributed by atoms with van der Waals surface area (Å²) >= 11 is 0. The molecule has 0 atom stereocenters. The van der Waals surface area contributed by atoms with Crippen LogP contribution in [0.1, 0.15) is 21.6 Å². The van der Waals surface area contributed by atoms with Gasteiger partial charge in [-0.25, -0.2) is 9.78 Å². The van der Waals surface area contributed by atoms with E-state index in [0.29, 0.717) is 5.75 Å². The molecule has 7 nitrogen and oxygen atoms in total. The molecule has 2 aromatic rings. The van der Waals surface area contributed by atoms with Crippen LogP contribution < -0.4 is 4.74 Å². The Morgan fingerprint density at radius 2 is 2.00 bits per heavy atom. The average Bonchev–Trinajstić information content (AvgIpc) is 2.53. The fourth-order valence-electron chi connectivity index (χ4n) is 1.76. The third-order valence-electron chi connectivity index (χ3n) is 2.89. The van der Waals surface area contributed by atoms with Crippen LogP contribution in [0.25, 0.3) is 12.2 Å². The maximum atomic E-state index is 11.2. The molecule has 0 unspecified atom stereocenters. The summed E-state index contributed by atoms with van der Waals surface area (Å²) in [4.78, 5) is 25.0. The Morgan fingerprint density at radius 1 is 1.32 bits per heavy atom. The van der Waals surface area contributed by atoms with E-state index in [1.807, 2.05) is 0 Å². The highest BCUT2D eigenvalue weighted by Gasteiger charge is 2.15. The number of pyridine rings is 1. The molecule has 0 aliphatic carbocycles. The molecular weight excluding hydrogens is 288 g/mol. The van der Waals surface area contributed by atoms with E-state index in [1.165, 1.54) is 6.08 Å². The summed E-state index contributed by atoms with van der Waals surface area (Å²) in [5, 5.41) is 19.8. The van der Waals surface area contributed by atoms with Crippen molar-refractivity contribution in [3.8, 4) is 5.75 Å². The van der Waals surface area contributed by atoms with E-state index >= 15 is 0 Å². The Bertz CT molecular complexity index is 738. The number of rotatable bonds is 5. The molecule has 0 fully saturated rings. The second-order valence-corrected chi connectivity index (χ2v) is 4.30. The van der Waals surface area contributed by atoms with E-state index in [2.05, 4.69) is 4.98 Å². The first kappa shape index (κ1) is 15.2. The largest absolute Gasteiger partial charge is 0.497 e. The average molecular weight is 300 g/mol. The van der Waals surface area contributed by atoms with Gasteiger partial charge in [-0.1, -0.05) is 18.2 Å². The van der Waals surface area contributed by atoms with Gasteiger partial charge in [-0.05, 0) is 23.8 Å². The molecule has 0 aliphatic rings. The first-order valence-electron chi connectivity index (χ1n) is 6.21. The Labute approximate surface area is 125 Å². The lowest BCUT2D eigenvalue weighted by atomic mass is 10.1.